The third kappa shape index (κ3) is 5.48. The molecule has 6 nitrogen and oxygen atoms in total. The van der Waals surface area contributed by atoms with Crippen molar-refractivity contribution in [3.8, 4) is 33.3 Å². The highest BCUT2D eigenvalue weighted by atomic mass is 35.5. The van der Waals surface area contributed by atoms with Crippen molar-refractivity contribution >= 4 is 39.8 Å². The molecule has 0 aliphatic rings. The van der Waals surface area contributed by atoms with E-state index < -0.39 is 0 Å². The van der Waals surface area contributed by atoms with E-state index in [1.165, 1.54) is 11.3 Å². The van der Waals surface area contributed by atoms with Gasteiger partial charge >= 0.3 is 5.97 Å². The fourth-order valence-corrected chi connectivity index (χ4v) is 4.74. The minimum Gasteiger partial charge on any atom is -0.462 e. The third-order valence-corrected chi connectivity index (χ3v) is 6.74. The molecule has 8 heteroatoms. The Morgan fingerprint density at radius 2 is 1.54 bits per heavy atom. The molecule has 5 aromatic rings. The molecule has 5 rings (SSSR count). The largest absolute Gasteiger partial charge is 0.462 e. The average molecular weight is 529 g/mol. The number of esters is 1. The summed E-state index contributed by atoms with van der Waals surface area (Å²) in [5.41, 5.74) is 3.27. The Hall–Kier alpha value is -4.20. The molecule has 0 unspecified atom stereocenters. The van der Waals surface area contributed by atoms with Crippen molar-refractivity contribution in [2.24, 2.45) is 0 Å². The summed E-state index contributed by atoms with van der Waals surface area (Å²) in [5, 5.41) is 4.82. The van der Waals surface area contributed by atoms with Crippen LogP contribution in [0.5, 0.6) is 0 Å². The van der Waals surface area contributed by atoms with Crippen molar-refractivity contribution in [2.45, 2.75) is 6.92 Å². The summed E-state index contributed by atoms with van der Waals surface area (Å²) in [6.45, 7) is 2.09. The molecule has 0 aliphatic carbocycles. The second-order valence-electron chi connectivity index (χ2n) is 7.99. The molecule has 0 atom stereocenters. The van der Waals surface area contributed by atoms with Crippen LogP contribution in [0.25, 0.3) is 33.3 Å². The lowest BCUT2D eigenvalue weighted by atomic mass is 10.1. The van der Waals surface area contributed by atoms with E-state index in [1.807, 2.05) is 42.5 Å². The van der Waals surface area contributed by atoms with Crippen LogP contribution in [-0.4, -0.2) is 23.5 Å². The molecule has 0 radical (unpaired) electrons. The predicted octanol–water partition coefficient (Wildman–Crippen LogP) is 7.82. The monoisotopic (exact) mass is 528 g/mol. The van der Waals surface area contributed by atoms with Crippen LogP contribution in [0.3, 0.4) is 0 Å². The molecule has 0 fully saturated rings. The summed E-state index contributed by atoms with van der Waals surface area (Å²) >= 11 is 7.40. The number of rotatable bonds is 7. The number of hydrogen-bond acceptors (Lipinski definition) is 6. The van der Waals surface area contributed by atoms with Crippen LogP contribution >= 0.6 is 22.9 Å². The van der Waals surface area contributed by atoms with E-state index in [2.05, 4.69) is 5.32 Å². The molecule has 0 spiro atoms. The number of amides is 1. The zero-order valence-electron chi connectivity index (χ0n) is 19.7. The van der Waals surface area contributed by atoms with E-state index in [1.54, 1.807) is 55.5 Å². The zero-order valence-corrected chi connectivity index (χ0v) is 21.3. The second-order valence-corrected chi connectivity index (χ2v) is 9.42. The van der Waals surface area contributed by atoms with E-state index in [0.29, 0.717) is 50.0 Å². The first-order valence-electron chi connectivity index (χ1n) is 11.5. The number of thiazole rings is 1. The lowest BCUT2D eigenvalue weighted by molar-refractivity contribution is 0.0526. The van der Waals surface area contributed by atoms with E-state index in [0.717, 1.165) is 11.1 Å². The number of furan rings is 1. The number of ether oxygens (including phenoxy) is 1. The normalized spacial score (nSPS) is 10.8. The molecular formula is C29H21ClN2O4S. The molecule has 0 saturated carbocycles. The van der Waals surface area contributed by atoms with Gasteiger partial charge in [-0.05, 0) is 55.5 Å². The first-order chi connectivity index (χ1) is 18.0. The van der Waals surface area contributed by atoms with E-state index in [9.17, 15) is 9.59 Å². The number of nitrogens with one attached hydrogen (secondary N) is 1. The zero-order chi connectivity index (χ0) is 25.8. The Morgan fingerprint density at radius 1 is 0.865 bits per heavy atom. The van der Waals surface area contributed by atoms with Crippen LogP contribution < -0.4 is 5.32 Å². The van der Waals surface area contributed by atoms with Crippen molar-refractivity contribution in [2.75, 3.05) is 11.9 Å². The van der Waals surface area contributed by atoms with Crippen molar-refractivity contribution in [3.05, 3.63) is 107 Å². The first-order valence-corrected chi connectivity index (χ1v) is 12.7. The summed E-state index contributed by atoms with van der Waals surface area (Å²) in [6.07, 6.45) is 0. The second kappa shape index (κ2) is 10.8. The topological polar surface area (TPSA) is 81.4 Å². The van der Waals surface area contributed by atoms with Gasteiger partial charge in [0.15, 0.2) is 10.8 Å². The van der Waals surface area contributed by atoms with Crippen LogP contribution in [0, 0.1) is 0 Å². The van der Waals surface area contributed by atoms with Crippen LogP contribution in [0.2, 0.25) is 5.02 Å². The molecule has 184 valence electrons. The van der Waals surface area contributed by atoms with Crippen LogP contribution in [0.15, 0.2) is 95.4 Å². The molecule has 1 N–H and O–H groups in total. The maximum absolute atomic E-state index is 12.9. The minimum absolute atomic E-state index is 0.229. The third-order valence-electron chi connectivity index (χ3n) is 5.51. The molecule has 0 saturated heterocycles. The van der Waals surface area contributed by atoms with E-state index in [-0.39, 0.29) is 11.9 Å². The van der Waals surface area contributed by atoms with E-state index >= 15 is 0 Å². The highest BCUT2D eigenvalue weighted by Gasteiger charge is 2.20. The summed E-state index contributed by atoms with van der Waals surface area (Å²) in [5.74, 6) is 0.595. The molecule has 37 heavy (non-hydrogen) atoms. The standard InChI is InChI=1S/C29H21ClN2O4S/c1-2-35-29(34)21-10-8-18(9-11-21)23-16-17-24(36-23)27-31-25(19-12-14-22(30)15-13-19)28(37-27)32-26(33)20-6-4-3-5-7-20/h3-17H,2H2,1H3,(H,32,33). The Morgan fingerprint density at radius 3 is 2.24 bits per heavy atom. The van der Waals surface area contributed by atoms with Gasteiger partial charge in [-0.1, -0.05) is 65.4 Å². The van der Waals surface area contributed by atoms with Crippen molar-refractivity contribution in [1.82, 2.24) is 4.98 Å². The Kier molecular flexibility index (Phi) is 7.16. The van der Waals surface area contributed by atoms with Gasteiger partial charge < -0.3 is 14.5 Å². The fraction of sp³-hybridized carbons (Fsp3) is 0.0690. The molecule has 2 aromatic heterocycles. The van der Waals surface area contributed by atoms with Crippen LogP contribution in [-0.2, 0) is 4.74 Å². The Labute approximate surface area is 222 Å². The number of aromatic nitrogens is 1. The molecule has 1 amide bonds. The van der Waals surface area contributed by atoms with E-state index in [4.69, 9.17) is 25.7 Å². The SMILES string of the molecule is CCOC(=O)c1ccc(-c2ccc(-c3nc(-c4ccc(Cl)cc4)c(NC(=O)c4ccccc4)s3)o2)cc1. The summed E-state index contributed by atoms with van der Waals surface area (Å²) in [4.78, 5) is 29.6. The smallest absolute Gasteiger partial charge is 0.338 e. The maximum Gasteiger partial charge on any atom is 0.338 e. The number of halogens is 1. The summed E-state index contributed by atoms with van der Waals surface area (Å²) in [7, 11) is 0. The summed E-state index contributed by atoms with van der Waals surface area (Å²) in [6, 6.07) is 27.0. The molecule has 0 bridgehead atoms. The van der Waals surface area contributed by atoms with Gasteiger partial charge in [0.1, 0.15) is 16.5 Å². The van der Waals surface area contributed by atoms with Crippen LogP contribution in [0.1, 0.15) is 27.6 Å². The lowest BCUT2D eigenvalue weighted by Crippen LogP contribution is -2.11. The van der Waals surface area contributed by atoms with Crippen molar-refractivity contribution < 1.29 is 18.7 Å². The number of carbonyl (C=O) groups is 2. The highest BCUT2D eigenvalue weighted by Crippen LogP contribution is 2.40. The number of carbonyl (C=O) groups excluding carboxylic acids is 2. The fourth-order valence-electron chi connectivity index (χ4n) is 3.67. The first kappa shape index (κ1) is 24.5. The number of anilines is 1. The van der Waals surface area contributed by atoms with Gasteiger partial charge in [0, 0.05) is 21.7 Å². The predicted molar refractivity (Wildman–Crippen MR) is 146 cm³/mol. The molecular weight excluding hydrogens is 508 g/mol. The van der Waals surface area contributed by atoms with Gasteiger partial charge in [0.05, 0.1) is 12.2 Å². The number of hydrogen-bond donors (Lipinski definition) is 1. The molecule has 0 aliphatic heterocycles. The lowest BCUT2D eigenvalue weighted by Gasteiger charge is -2.05. The van der Waals surface area contributed by atoms with Gasteiger partial charge in [-0.3, -0.25) is 4.79 Å². The summed E-state index contributed by atoms with van der Waals surface area (Å²) < 4.78 is 11.2. The number of benzene rings is 3. The van der Waals surface area contributed by atoms with Crippen LogP contribution in [0.4, 0.5) is 5.00 Å². The highest BCUT2D eigenvalue weighted by molar-refractivity contribution is 7.19. The molecule has 3 aromatic carbocycles. The maximum atomic E-state index is 12.9. The molecule has 2 heterocycles. The van der Waals surface area contributed by atoms with Gasteiger partial charge in [-0.2, -0.15) is 0 Å². The minimum atomic E-state index is -0.364. The van der Waals surface area contributed by atoms with Gasteiger partial charge in [0.2, 0.25) is 0 Å². The Balaban J connectivity index is 1.46. The quantitative estimate of drug-likeness (QED) is 0.218. The number of nitrogens with zero attached hydrogens (tertiary/aromatic N) is 1. The van der Waals surface area contributed by atoms with Gasteiger partial charge in [-0.15, -0.1) is 0 Å². The van der Waals surface area contributed by atoms with Crippen molar-refractivity contribution in [1.29, 1.82) is 0 Å². The van der Waals surface area contributed by atoms with Gasteiger partial charge in [-0.25, -0.2) is 9.78 Å². The van der Waals surface area contributed by atoms with Crippen molar-refractivity contribution in [3.63, 3.8) is 0 Å². The van der Waals surface area contributed by atoms with Gasteiger partial charge in [0.25, 0.3) is 5.91 Å². The average Bonchev–Trinajstić information content (AvgIpc) is 3.58. The Bertz CT molecular complexity index is 1540.